The van der Waals surface area contributed by atoms with Crippen molar-refractivity contribution in [2.24, 2.45) is 0 Å². The van der Waals surface area contributed by atoms with Gasteiger partial charge in [0.2, 0.25) is 0 Å². The van der Waals surface area contributed by atoms with Crippen LogP contribution in [0, 0.1) is 6.92 Å². The Labute approximate surface area is 150 Å². The van der Waals surface area contributed by atoms with Gasteiger partial charge < -0.3 is 15.5 Å². The van der Waals surface area contributed by atoms with Crippen LogP contribution in [0.15, 0.2) is 36.5 Å². The molecule has 0 radical (unpaired) electrons. The zero-order valence-electron chi connectivity index (χ0n) is 15.8. The maximum absolute atomic E-state index is 12.1. The number of aromatic nitrogens is 1. The fourth-order valence-electron chi connectivity index (χ4n) is 2.57. The van der Waals surface area contributed by atoms with Gasteiger partial charge in [0, 0.05) is 25.0 Å². The van der Waals surface area contributed by atoms with E-state index in [-0.39, 0.29) is 5.91 Å². The largest absolute Gasteiger partial charge is 0.351 e. The second-order valence-electron chi connectivity index (χ2n) is 6.81. The number of carbonyl (C=O) groups excluding carboxylic acids is 1. The van der Waals surface area contributed by atoms with E-state index in [1.54, 1.807) is 12.3 Å². The van der Waals surface area contributed by atoms with Crippen LogP contribution in [0.5, 0.6) is 0 Å². The molecule has 2 rings (SSSR count). The van der Waals surface area contributed by atoms with Crippen molar-refractivity contribution in [2.75, 3.05) is 32.5 Å². The number of hydrogen-bond acceptors (Lipinski definition) is 4. The van der Waals surface area contributed by atoms with Crippen LogP contribution in [0.3, 0.4) is 0 Å². The van der Waals surface area contributed by atoms with E-state index in [1.807, 2.05) is 25.1 Å². The number of nitrogens with zero attached hydrogens (tertiary/aromatic N) is 2. The second kappa shape index (κ2) is 8.62. The van der Waals surface area contributed by atoms with E-state index < -0.39 is 0 Å². The number of benzene rings is 1. The normalized spacial score (nSPS) is 11.0. The third-order valence-electron chi connectivity index (χ3n) is 4.05. The Morgan fingerprint density at radius 1 is 1.20 bits per heavy atom. The molecule has 134 valence electrons. The molecule has 2 aromatic rings. The Morgan fingerprint density at radius 2 is 1.96 bits per heavy atom. The van der Waals surface area contributed by atoms with Crippen molar-refractivity contribution in [3.8, 4) is 0 Å². The Morgan fingerprint density at radius 3 is 2.56 bits per heavy atom. The lowest BCUT2D eigenvalue weighted by molar-refractivity contribution is 0.0950. The predicted octanol–water partition coefficient (Wildman–Crippen LogP) is 3.55. The lowest BCUT2D eigenvalue weighted by Gasteiger charge is -2.17. The highest BCUT2D eigenvalue weighted by Gasteiger charge is 2.11. The highest BCUT2D eigenvalue weighted by molar-refractivity contribution is 5.94. The first-order valence-corrected chi connectivity index (χ1v) is 8.64. The molecule has 0 atom stereocenters. The summed E-state index contributed by atoms with van der Waals surface area (Å²) in [6.07, 6.45) is 1.61. The molecule has 1 aromatic heterocycles. The molecule has 1 amide bonds. The van der Waals surface area contributed by atoms with Crippen molar-refractivity contribution in [1.29, 1.82) is 0 Å². The first-order chi connectivity index (χ1) is 11.9. The topological polar surface area (TPSA) is 57.3 Å². The van der Waals surface area contributed by atoms with Gasteiger partial charge in [0.05, 0.1) is 5.56 Å². The molecular formula is C20H28N4O. The van der Waals surface area contributed by atoms with Crippen LogP contribution in [0.4, 0.5) is 11.5 Å². The lowest BCUT2D eigenvalue weighted by Crippen LogP contribution is -2.31. The minimum Gasteiger partial charge on any atom is -0.351 e. The van der Waals surface area contributed by atoms with Gasteiger partial charge >= 0.3 is 0 Å². The Bertz CT molecular complexity index is 708. The summed E-state index contributed by atoms with van der Waals surface area (Å²) in [4.78, 5) is 18.5. The molecule has 2 N–H and O–H groups in total. The minimum absolute atomic E-state index is 0.0975. The zero-order valence-corrected chi connectivity index (χ0v) is 15.8. The molecule has 0 fully saturated rings. The SMILES string of the molecule is Cc1cccc(C(C)C)c1Nc1ccc(C(=O)NCCN(C)C)cn1. The number of nitrogens with one attached hydrogen (secondary N) is 2. The molecule has 0 aliphatic rings. The standard InChI is InChI=1S/C20H28N4O/c1-14(2)17-8-6-7-15(3)19(17)23-18-10-9-16(13-22-18)20(25)21-11-12-24(4)5/h6-10,13-14H,11-12H2,1-5H3,(H,21,25)(H,22,23). The molecule has 5 heteroatoms. The molecule has 0 bridgehead atoms. The number of rotatable bonds is 7. The summed E-state index contributed by atoms with van der Waals surface area (Å²) >= 11 is 0. The van der Waals surface area contributed by atoms with Crippen molar-refractivity contribution in [3.63, 3.8) is 0 Å². The van der Waals surface area contributed by atoms with Crippen molar-refractivity contribution in [2.45, 2.75) is 26.7 Å². The number of likely N-dealkylation sites (N-methyl/N-ethyl adjacent to an activating group) is 1. The van der Waals surface area contributed by atoms with Crippen molar-refractivity contribution < 1.29 is 4.79 Å². The van der Waals surface area contributed by atoms with Gasteiger partial charge in [-0.15, -0.1) is 0 Å². The molecule has 0 saturated carbocycles. The molecule has 0 aliphatic carbocycles. The van der Waals surface area contributed by atoms with Gasteiger partial charge in [-0.1, -0.05) is 32.0 Å². The third kappa shape index (κ3) is 5.29. The monoisotopic (exact) mass is 340 g/mol. The first-order valence-electron chi connectivity index (χ1n) is 8.64. The summed E-state index contributed by atoms with van der Waals surface area (Å²) in [6.45, 7) is 7.86. The van der Waals surface area contributed by atoms with Gasteiger partial charge in [0.1, 0.15) is 5.82 Å². The average Bonchev–Trinajstić information content (AvgIpc) is 2.56. The summed E-state index contributed by atoms with van der Waals surface area (Å²) in [5.41, 5.74) is 4.09. The van der Waals surface area contributed by atoms with Gasteiger partial charge in [-0.2, -0.15) is 0 Å². The summed E-state index contributed by atoms with van der Waals surface area (Å²) in [5, 5.41) is 6.29. The number of anilines is 2. The number of para-hydroxylation sites is 1. The van der Waals surface area contributed by atoms with Gasteiger partial charge in [-0.25, -0.2) is 4.98 Å². The summed E-state index contributed by atoms with van der Waals surface area (Å²) in [7, 11) is 3.95. The van der Waals surface area contributed by atoms with E-state index in [0.29, 0.717) is 18.0 Å². The van der Waals surface area contributed by atoms with Gasteiger partial charge in [0.15, 0.2) is 0 Å². The molecule has 1 aromatic carbocycles. The van der Waals surface area contributed by atoms with Crippen LogP contribution in [0.1, 0.15) is 41.3 Å². The Balaban J connectivity index is 2.07. The number of hydrogen-bond donors (Lipinski definition) is 2. The fourth-order valence-corrected chi connectivity index (χ4v) is 2.57. The number of pyridine rings is 1. The molecule has 0 aliphatic heterocycles. The number of aryl methyl sites for hydroxylation is 1. The smallest absolute Gasteiger partial charge is 0.252 e. The Kier molecular flexibility index (Phi) is 6.53. The van der Waals surface area contributed by atoms with Gasteiger partial charge in [0.25, 0.3) is 5.91 Å². The van der Waals surface area contributed by atoms with Crippen LogP contribution in [0.2, 0.25) is 0 Å². The maximum atomic E-state index is 12.1. The van der Waals surface area contributed by atoms with E-state index in [9.17, 15) is 4.79 Å². The molecule has 0 saturated heterocycles. The van der Waals surface area contributed by atoms with E-state index in [4.69, 9.17) is 0 Å². The summed E-state index contributed by atoms with van der Waals surface area (Å²) in [6, 6.07) is 9.93. The summed E-state index contributed by atoms with van der Waals surface area (Å²) < 4.78 is 0. The fraction of sp³-hybridized carbons (Fsp3) is 0.400. The average molecular weight is 340 g/mol. The lowest BCUT2D eigenvalue weighted by atomic mass is 9.98. The van der Waals surface area contributed by atoms with Gasteiger partial charge in [-0.05, 0) is 50.2 Å². The minimum atomic E-state index is -0.0975. The van der Waals surface area contributed by atoms with Crippen molar-refractivity contribution >= 4 is 17.4 Å². The summed E-state index contributed by atoms with van der Waals surface area (Å²) in [5.74, 6) is 1.06. The Hall–Kier alpha value is -2.40. The van der Waals surface area contributed by atoms with E-state index >= 15 is 0 Å². The van der Waals surface area contributed by atoms with Crippen LogP contribution in [-0.2, 0) is 0 Å². The number of carbonyl (C=O) groups is 1. The zero-order chi connectivity index (χ0) is 18.4. The third-order valence-corrected chi connectivity index (χ3v) is 4.05. The first kappa shape index (κ1) is 18.9. The van der Waals surface area contributed by atoms with Crippen LogP contribution in [0.25, 0.3) is 0 Å². The molecule has 0 spiro atoms. The van der Waals surface area contributed by atoms with Crippen LogP contribution in [-0.4, -0.2) is 43.0 Å². The molecular weight excluding hydrogens is 312 g/mol. The van der Waals surface area contributed by atoms with E-state index in [1.165, 1.54) is 11.1 Å². The van der Waals surface area contributed by atoms with Crippen molar-refractivity contribution in [1.82, 2.24) is 15.2 Å². The molecule has 0 unspecified atom stereocenters. The van der Waals surface area contributed by atoms with E-state index in [2.05, 4.69) is 54.6 Å². The van der Waals surface area contributed by atoms with Crippen molar-refractivity contribution in [3.05, 3.63) is 53.2 Å². The highest BCUT2D eigenvalue weighted by Crippen LogP contribution is 2.29. The quantitative estimate of drug-likeness (QED) is 0.809. The molecule has 1 heterocycles. The van der Waals surface area contributed by atoms with Crippen LogP contribution >= 0.6 is 0 Å². The second-order valence-corrected chi connectivity index (χ2v) is 6.81. The predicted molar refractivity (Wildman–Crippen MR) is 104 cm³/mol. The molecule has 25 heavy (non-hydrogen) atoms. The van der Waals surface area contributed by atoms with E-state index in [0.717, 1.165) is 18.1 Å². The maximum Gasteiger partial charge on any atom is 0.252 e. The highest BCUT2D eigenvalue weighted by atomic mass is 16.1. The molecule has 5 nitrogen and oxygen atoms in total. The number of amides is 1. The van der Waals surface area contributed by atoms with Crippen LogP contribution < -0.4 is 10.6 Å². The van der Waals surface area contributed by atoms with Gasteiger partial charge in [-0.3, -0.25) is 4.79 Å².